The monoisotopic (exact) mass is 725 g/mol. The molecule has 0 radical (unpaired) electrons. The molecule has 0 N–H and O–H groups in total. The number of rotatable bonds is 8. The van der Waals surface area contributed by atoms with Gasteiger partial charge >= 0.3 is 0 Å². The molecule has 0 amide bonds. The molecule has 1 nitrogen and oxygen atoms in total. The van der Waals surface area contributed by atoms with Gasteiger partial charge in [-0.05, 0) is 96.6 Å². The van der Waals surface area contributed by atoms with Crippen molar-refractivity contribution in [1.82, 2.24) is 0 Å². The van der Waals surface area contributed by atoms with Crippen molar-refractivity contribution in [3.63, 3.8) is 0 Å². The molecule has 0 fully saturated rings. The van der Waals surface area contributed by atoms with E-state index in [9.17, 15) is 0 Å². The number of hydrogen-bond donors (Lipinski definition) is 0. The highest BCUT2D eigenvalue weighted by Gasteiger charge is 2.25. The Morgan fingerprint density at radius 1 is 0.246 bits per heavy atom. The highest BCUT2D eigenvalue weighted by atomic mass is 15.1. The Morgan fingerprint density at radius 3 is 1.28 bits per heavy atom. The van der Waals surface area contributed by atoms with Crippen molar-refractivity contribution in [3.05, 3.63) is 237 Å². The fourth-order valence-electron chi connectivity index (χ4n) is 8.47. The van der Waals surface area contributed by atoms with Crippen molar-refractivity contribution < 1.29 is 0 Å². The van der Waals surface area contributed by atoms with Gasteiger partial charge in [0.15, 0.2) is 0 Å². The second-order valence-electron chi connectivity index (χ2n) is 14.4. The summed E-state index contributed by atoms with van der Waals surface area (Å²) in [6.45, 7) is 0. The smallest absolute Gasteiger partial charge is 0.0546 e. The summed E-state index contributed by atoms with van der Waals surface area (Å²) in [6, 6.07) is 85.7. The van der Waals surface area contributed by atoms with Crippen molar-refractivity contribution in [2.45, 2.75) is 0 Å². The van der Waals surface area contributed by atoms with Gasteiger partial charge in [0.25, 0.3) is 0 Å². The molecule has 1 heteroatoms. The third-order valence-corrected chi connectivity index (χ3v) is 11.0. The van der Waals surface area contributed by atoms with Crippen LogP contribution in [0.4, 0.5) is 17.1 Å². The van der Waals surface area contributed by atoms with Crippen LogP contribution >= 0.6 is 0 Å². The van der Waals surface area contributed by atoms with Crippen LogP contribution in [0.25, 0.3) is 77.2 Å². The first-order valence-electron chi connectivity index (χ1n) is 19.6. The zero-order chi connectivity index (χ0) is 38.0. The van der Waals surface area contributed by atoms with Gasteiger partial charge in [0.2, 0.25) is 0 Å². The van der Waals surface area contributed by atoms with Crippen LogP contribution in [0.5, 0.6) is 0 Å². The zero-order valence-electron chi connectivity index (χ0n) is 31.5. The van der Waals surface area contributed by atoms with Gasteiger partial charge in [-0.3, -0.25) is 0 Å². The SMILES string of the molecule is c1ccc(-c2cccc(N(c3ccc(-c4ccccc4)cc3-c3ccccc3)c3cccc4c(-c5ccccc5)c(-c5ccccc5)c5ccccc5c34)c2)cc1. The molecule has 0 unspecified atom stereocenters. The first-order chi connectivity index (χ1) is 28.3. The Bertz CT molecular complexity index is 2970. The second kappa shape index (κ2) is 15.0. The van der Waals surface area contributed by atoms with Gasteiger partial charge in [0.05, 0.1) is 11.4 Å². The Kier molecular flexibility index (Phi) is 8.95. The highest BCUT2D eigenvalue weighted by molar-refractivity contribution is 6.25. The molecule has 0 spiro atoms. The van der Waals surface area contributed by atoms with Crippen molar-refractivity contribution in [2.24, 2.45) is 0 Å². The van der Waals surface area contributed by atoms with Gasteiger partial charge in [-0.15, -0.1) is 0 Å². The molecule has 0 aromatic heterocycles. The number of nitrogens with zero attached hydrogens (tertiary/aromatic N) is 1. The van der Waals surface area contributed by atoms with Gasteiger partial charge < -0.3 is 4.90 Å². The van der Waals surface area contributed by atoms with Crippen LogP contribution in [-0.4, -0.2) is 0 Å². The fourth-order valence-corrected chi connectivity index (χ4v) is 8.47. The van der Waals surface area contributed by atoms with E-state index < -0.39 is 0 Å². The number of anilines is 3. The predicted molar refractivity (Wildman–Crippen MR) is 243 cm³/mol. The maximum Gasteiger partial charge on any atom is 0.0546 e. The second-order valence-corrected chi connectivity index (χ2v) is 14.4. The third-order valence-electron chi connectivity index (χ3n) is 11.0. The highest BCUT2D eigenvalue weighted by Crippen LogP contribution is 2.51. The maximum atomic E-state index is 2.50. The molecule has 10 rings (SSSR count). The largest absolute Gasteiger partial charge is 0.309 e. The molecule has 10 aromatic rings. The molecule has 0 aliphatic carbocycles. The minimum atomic E-state index is 1.09. The number of benzene rings is 10. The zero-order valence-corrected chi connectivity index (χ0v) is 31.5. The minimum Gasteiger partial charge on any atom is -0.309 e. The van der Waals surface area contributed by atoms with Crippen molar-refractivity contribution >= 4 is 38.6 Å². The standard InChI is InChI=1S/C56H39N/c1-6-20-40(21-7-1)45-30-18-31-47(38-45)57(52-37-36-46(41-22-8-2-9-23-41)39-51(52)42-24-10-3-11-25-42)53-35-19-34-50-55(44-28-14-5-15-29-44)54(43-26-12-4-13-27-43)48-32-16-17-33-49(48)56(50)53/h1-39H. The Hall–Kier alpha value is -7.48. The van der Waals surface area contributed by atoms with Gasteiger partial charge in [0.1, 0.15) is 0 Å². The van der Waals surface area contributed by atoms with Crippen LogP contribution in [0.2, 0.25) is 0 Å². The van der Waals surface area contributed by atoms with Crippen LogP contribution in [0.15, 0.2) is 237 Å². The molecule has 0 aliphatic rings. The fraction of sp³-hybridized carbons (Fsp3) is 0. The lowest BCUT2D eigenvalue weighted by atomic mass is 9.84. The Balaban J connectivity index is 1.33. The lowest BCUT2D eigenvalue weighted by molar-refractivity contribution is 1.30. The molecule has 268 valence electrons. The average molecular weight is 726 g/mol. The van der Waals surface area contributed by atoms with E-state index in [2.05, 4.69) is 241 Å². The van der Waals surface area contributed by atoms with Crippen molar-refractivity contribution in [1.29, 1.82) is 0 Å². The van der Waals surface area contributed by atoms with E-state index in [1.54, 1.807) is 0 Å². The lowest BCUT2D eigenvalue weighted by Gasteiger charge is -2.31. The lowest BCUT2D eigenvalue weighted by Crippen LogP contribution is -2.12. The molecule has 0 heterocycles. The summed E-state index contributed by atoms with van der Waals surface area (Å²) >= 11 is 0. The van der Waals surface area contributed by atoms with Gasteiger partial charge in [-0.25, -0.2) is 0 Å². The van der Waals surface area contributed by atoms with E-state index in [0.717, 1.165) is 28.2 Å². The van der Waals surface area contributed by atoms with E-state index in [4.69, 9.17) is 0 Å². The molecule has 0 atom stereocenters. The predicted octanol–water partition coefficient (Wildman–Crippen LogP) is 15.8. The molecule has 0 saturated heterocycles. The molecule has 0 bridgehead atoms. The van der Waals surface area contributed by atoms with Gasteiger partial charge in [-0.2, -0.15) is 0 Å². The van der Waals surface area contributed by atoms with Crippen LogP contribution in [0, 0.1) is 0 Å². The van der Waals surface area contributed by atoms with E-state index in [-0.39, 0.29) is 0 Å². The normalized spacial score (nSPS) is 11.2. The summed E-state index contributed by atoms with van der Waals surface area (Å²) in [6.07, 6.45) is 0. The number of hydrogen-bond acceptors (Lipinski definition) is 1. The summed E-state index contributed by atoms with van der Waals surface area (Å²) < 4.78 is 0. The maximum absolute atomic E-state index is 2.50. The minimum absolute atomic E-state index is 1.09. The van der Waals surface area contributed by atoms with E-state index in [0.29, 0.717) is 0 Å². The summed E-state index contributed by atoms with van der Waals surface area (Å²) in [5.41, 5.74) is 15.2. The van der Waals surface area contributed by atoms with E-state index >= 15 is 0 Å². The molecule has 10 aromatic carbocycles. The van der Waals surface area contributed by atoms with Crippen molar-refractivity contribution in [2.75, 3.05) is 4.90 Å². The number of fused-ring (bicyclic) bond motifs is 3. The summed E-state index contributed by atoms with van der Waals surface area (Å²) in [4.78, 5) is 2.50. The summed E-state index contributed by atoms with van der Waals surface area (Å²) in [5, 5.41) is 4.86. The first kappa shape index (κ1) is 34.0. The van der Waals surface area contributed by atoms with Crippen LogP contribution < -0.4 is 4.90 Å². The van der Waals surface area contributed by atoms with Crippen molar-refractivity contribution in [3.8, 4) is 55.6 Å². The van der Waals surface area contributed by atoms with E-state index in [1.165, 1.54) is 66.1 Å². The van der Waals surface area contributed by atoms with E-state index in [1.807, 2.05) is 0 Å². The Labute approximate surface area is 334 Å². The third kappa shape index (κ3) is 6.36. The summed E-state index contributed by atoms with van der Waals surface area (Å²) in [5.74, 6) is 0. The molecule has 0 aliphatic heterocycles. The first-order valence-corrected chi connectivity index (χ1v) is 19.6. The van der Waals surface area contributed by atoms with Gasteiger partial charge in [0, 0.05) is 16.6 Å². The molecular weight excluding hydrogens is 687 g/mol. The quantitative estimate of drug-likeness (QED) is 0.141. The molecule has 0 saturated carbocycles. The average Bonchev–Trinajstić information content (AvgIpc) is 3.30. The molecule has 57 heavy (non-hydrogen) atoms. The Morgan fingerprint density at radius 2 is 0.684 bits per heavy atom. The van der Waals surface area contributed by atoms with Crippen LogP contribution in [0.1, 0.15) is 0 Å². The van der Waals surface area contributed by atoms with Crippen LogP contribution in [0.3, 0.4) is 0 Å². The molecular formula is C56H39N. The van der Waals surface area contributed by atoms with Gasteiger partial charge in [-0.1, -0.05) is 206 Å². The topological polar surface area (TPSA) is 3.24 Å². The summed E-state index contributed by atoms with van der Waals surface area (Å²) in [7, 11) is 0. The van der Waals surface area contributed by atoms with Crippen LogP contribution in [-0.2, 0) is 0 Å².